The minimum atomic E-state index is 0.171. The van der Waals surface area contributed by atoms with Crippen molar-refractivity contribution in [3.05, 3.63) is 40.8 Å². The van der Waals surface area contributed by atoms with Crippen LogP contribution in [0.15, 0.2) is 34.9 Å². The Labute approximate surface area is 144 Å². The van der Waals surface area contributed by atoms with Gasteiger partial charge in [-0.15, -0.1) is 0 Å². The lowest BCUT2D eigenvalue weighted by Gasteiger charge is -2.04. The molecule has 1 aromatic heterocycles. The summed E-state index contributed by atoms with van der Waals surface area (Å²) in [7, 11) is 0. The van der Waals surface area contributed by atoms with Crippen LogP contribution in [0.25, 0.3) is 11.3 Å². The molecule has 6 heteroatoms. The second kappa shape index (κ2) is 7.75. The van der Waals surface area contributed by atoms with E-state index in [1.807, 2.05) is 24.4 Å². The topological polar surface area (TPSA) is 69.8 Å². The third-order valence-electron chi connectivity index (χ3n) is 3.76. The van der Waals surface area contributed by atoms with Gasteiger partial charge in [0.15, 0.2) is 0 Å². The molecule has 1 aliphatic rings. The average molecular weight is 377 g/mol. The largest absolute Gasteiger partial charge is 0.353 e. The SMILES string of the molecule is O=C(CCCNCc1ncc(-c2cccc(Br)c2)[nH]1)NC1CC1. The number of halogens is 1. The van der Waals surface area contributed by atoms with Crippen LogP contribution < -0.4 is 10.6 Å². The Bertz CT molecular complexity index is 666. The van der Waals surface area contributed by atoms with Crippen molar-refractivity contribution in [1.29, 1.82) is 0 Å². The van der Waals surface area contributed by atoms with Crippen molar-refractivity contribution < 1.29 is 4.79 Å². The first kappa shape index (κ1) is 16.2. The van der Waals surface area contributed by atoms with Crippen LogP contribution in [-0.4, -0.2) is 28.5 Å². The van der Waals surface area contributed by atoms with E-state index < -0.39 is 0 Å². The summed E-state index contributed by atoms with van der Waals surface area (Å²) >= 11 is 3.48. The number of benzene rings is 1. The predicted molar refractivity (Wildman–Crippen MR) is 93.8 cm³/mol. The number of rotatable bonds is 8. The van der Waals surface area contributed by atoms with Gasteiger partial charge in [0.05, 0.1) is 18.4 Å². The van der Waals surface area contributed by atoms with Crippen LogP contribution in [0, 0.1) is 0 Å². The Kier molecular flexibility index (Phi) is 5.46. The number of imidazole rings is 1. The van der Waals surface area contributed by atoms with Crippen molar-refractivity contribution >= 4 is 21.8 Å². The van der Waals surface area contributed by atoms with E-state index >= 15 is 0 Å². The number of aromatic amines is 1. The second-order valence-electron chi connectivity index (χ2n) is 5.88. The molecule has 0 atom stereocenters. The summed E-state index contributed by atoms with van der Waals surface area (Å²) in [6.45, 7) is 1.49. The molecule has 1 saturated carbocycles. The number of nitrogens with one attached hydrogen (secondary N) is 3. The summed E-state index contributed by atoms with van der Waals surface area (Å²) in [6, 6.07) is 8.57. The number of amides is 1. The van der Waals surface area contributed by atoms with Gasteiger partial charge in [0, 0.05) is 22.5 Å². The minimum Gasteiger partial charge on any atom is -0.353 e. The monoisotopic (exact) mass is 376 g/mol. The van der Waals surface area contributed by atoms with Crippen LogP contribution in [0.5, 0.6) is 0 Å². The summed E-state index contributed by atoms with van der Waals surface area (Å²) < 4.78 is 1.05. The Morgan fingerprint density at radius 1 is 1.39 bits per heavy atom. The number of hydrogen-bond acceptors (Lipinski definition) is 3. The van der Waals surface area contributed by atoms with Gasteiger partial charge in [-0.05, 0) is 37.9 Å². The maximum absolute atomic E-state index is 11.6. The number of H-pyrrole nitrogens is 1. The van der Waals surface area contributed by atoms with E-state index in [0.29, 0.717) is 19.0 Å². The van der Waals surface area contributed by atoms with Crippen molar-refractivity contribution in [1.82, 2.24) is 20.6 Å². The molecular formula is C17H21BrN4O. The molecule has 0 saturated heterocycles. The average Bonchev–Trinajstić information content (AvgIpc) is 3.21. The van der Waals surface area contributed by atoms with Gasteiger partial charge in [0.1, 0.15) is 5.82 Å². The van der Waals surface area contributed by atoms with E-state index in [1.54, 1.807) is 0 Å². The highest BCUT2D eigenvalue weighted by Gasteiger charge is 2.22. The number of carbonyl (C=O) groups is 1. The molecule has 3 N–H and O–H groups in total. The highest BCUT2D eigenvalue weighted by molar-refractivity contribution is 9.10. The van der Waals surface area contributed by atoms with E-state index in [9.17, 15) is 4.79 Å². The van der Waals surface area contributed by atoms with Crippen LogP contribution in [0.1, 0.15) is 31.5 Å². The molecule has 0 spiro atoms. The lowest BCUT2D eigenvalue weighted by atomic mass is 10.2. The van der Waals surface area contributed by atoms with Crippen LogP contribution in [-0.2, 0) is 11.3 Å². The van der Waals surface area contributed by atoms with Gasteiger partial charge in [-0.25, -0.2) is 4.98 Å². The van der Waals surface area contributed by atoms with Crippen molar-refractivity contribution in [2.45, 2.75) is 38.3 Å². The molecule has 0 bridgehead atoms. The Morgan fingerprint density at radius 3 is 3.04 bits per heavy atom. The van der Waals surface area contributed by atoms with E-state index in [-0.39, 0.29) is 5.91 Å². The van der Waals surface area contributed by atoms with E-state index in [0.717, 1.165) is 47.4 Å². The number of carbonyl (C=O) groups excluding carboxylic acids is 1. The molecule has 1 aliphatic carbocycles. The number of nitrogens with zero attached hydrogens (tertiary/aromatic N) is 1. The molecule has 0 aliphatic heterocycles. The zero-order valence-electron chi connectivity index (χ0n) is 12.9. The van der Waals surface area contributed by atoms with Gasteiger partial charge >= 0.3 is 0 Å². The molecule has 0 unspecified atom stereocenters. The van der Waals surface area contributed by atoms with E-state index in [2.05, 4.69) is 42.6 Å². The van der Waals surface area contributed by atoms with Crippen LogP contribution in [0.4, 0.5) is 0 Å². The highest BCUT2D eigenvalue weighted by atomic mass is 79.9. The molecule has 2 aromatic rings. The molecule has 0 radical (unpaired) electrons. The van der Waals surface area contributed by atoms with Crippen LogP contribution in [0.2, 0.25) is 0 Å². The molecule has 5 nitrogen and oxygen atoms in total. The first-order valence-corrected chi connectivity index (χ1v) is 8.80. The molecule has 3 rings (SSSR count). The zero-order valence-corrected chi connectivity index (χ0v) is 14.5. The summed E-state index contributed by atoms with van der Waals surface area (Å²) in [6.07, 6.45) is 5.57. The molecular weight excluding hydrogens is 356 g/mol. The third kappa shape index (κ3) is 5.18. The standard InChI is InChI=1S/C17H21BrN4O/c18-13-4-1-3-12(9-13)15-10-20-16(22-15)11-19-8-2-5-17(23)21-14-6-7-14/h1,3-4,9-10,14,19H,2,5-8,11H2,(H,20,22)(H,21,23). The first-order chi connectivity index (χ1) is 11.2. The Morgan fingerprint density at radius 2 is 2.26 bits per heavy atom. The summed E-state index contributed by atoms with van der Waals surface area (Å²) in [5.41, 5.74) is 2.11. The van der Waals surface area contributed by atoms with Gasteiger partial charge in [-0.3, -0.25) is 4.79 Å². The minimum absolute atomic E-state index is 0.171. The van der Waals surface area contributed by atoms with Gasteiger partial charge in [-0.1, -0.05) is 28.1 Å². The first-order valence-electron chi connectivity index (χ1n) is 8.00. The predicted octanol–water partition coefficient (Wildman–Crippen LogP) is 2.99. The van der Waals surface area contributed by atoms with Crippen molar-refractivity contribution in [3.8, 4) is 11.3 Å². The summed E-state index contributed by atoms with van der Waals surface area (Å²) in [4.78, 5) is 19.3. The lowest BCUT2D eigenvalue weighted by molar-refractivity contribution is -0.121. The Hall–Kier alpha value is -1.66. The third-order valence-corrected chi connectivity index (χ3v) is 4.25. The molecule has 23 heavy (non-hydrogen) atoms. The summed E-state index contributed by atoms with van der Waals surface area (Å²) in [5, 5.41) is 6.32. The van der Waals surface area contributed by atoms with Gasteiger partial charge < -0.3 is 15.6 Å². The molecule has 1 heterocycles. The van der Waals surface area contributed by atoms with Crippen molar-refractivity contribution in [2.75, 3.05) is 6.54 Å². The highest BCUT2D eigenvalue weighted by Crippen LogP contribution is 2.21. The van der Waals surface area contributed by atoms with Crippen molar-refractivity contribution in [3.63, 3.8) is 0 Å². The maximum atomic E-state index is 11.6. The summed E-state index contributed by atoms with van der Waals surface area (Å²) in [5.74, 6) is 1.08. The van der Waals surface area contributed by atoms with Gasteiger partial charge in [0.25, 0.3) is 0 Å². The van der Waals surface area contributed by atoms with Crippen LogP contribution >= 0.6 is 15.9 Å². The fraction of sp³-hybridized carbons (Fsp3) is 0.412. The van der Waals surface area contributed by atoms with Gasteiger partial charge in [0.2, 0.25) is 5.91 Å². The molecule has 1 amide bonds. The quantitative estimate of drug-likeness (QED) is 0.620. The number of hydrogen-bond donors (Lipinski definition) is 3. The fourth-order valence-electron chi connectivity index (χ4n) is 2.36. The second-order valence-corrected chi connectivity index (χ2v) is 6.79. The van der Waals surface area contributed by atoms with Gasteiger partial charge in [-0.2, -0.15) is 0 Å². The van der Waals surface area contributed by atoms with E-state index in [1.165, 1.54) is 0 Å². The van der Waals surface area contributed by atoms with E-state index in [4.69, 9.17) is 0 Å². The fourth-order valence-corrected chi connectivity index (χ4v) is 2.76. The molecule has 122 valence electrons. The normalized spacial score (nSPS) is 14.0. The number of aromatic nitrogens is 2. The zero-order chi connectivity index (χ0) is 16.1. The molecule has 1 aromatic carbocycles. The smallest absolute Gasteiger partial charge is 0.220 e. The Balaban J connectivity index is 1.38. The van der Waals surface area contributed by atoms with Crippen molar-refractivity contribution in [2.24, 2.45) is 0 Å². The van der Waals surface area contributed by atoms with Crippen LogP contribution in [0.3, 0.4) is 0 Å². The lowest BCUT2D eigenvalue weighted by Crippen LogP contribution is -2.26. The maximum Gasteiger partial charge on any atom is 0.220 e. The molecule has 1 fully saturated rings.